The summed E-state index contributed by atoms with van der Waals surface area (Å²) in [5.41, 5.74) is -0.163. The topological polar surface area (TPSA) is 61.4 Å². The molecule has 0 bridgehead atoms. The first kappa shape index (κ1) is 15.3. The van der Waals surface area contributed by atoms with Crippen LogP contribution in [0.3, 0.4) is 0 Å². The van der Waals surface area contributed by atoms with Crippen LogP contribution in [0.25, 0.3) is 0 Å². The van der Waals surface area contributed by atoms with Gasteiger partial charge in [-0.05, 0) is 25.7 Å². The summed E-state index contributed by atoms with van der Waals surface area (Å²) < 4.78 is 0. The number of aliphatic hydroxyl groups is 1. The van der Waals surface area contributed by atoms with E-state index < -0.39 is 0 Å². The normalized spacial score (nSPS) is 28.2. The van der Waals surface area contributed by atoms with Gasteiger partial charge in [0.1, 0.15) is 0 Å². The molecule has 18 heavy (non-hydrogen) atoms. The van der Waals surface area contributed by atoms with Crippen molar-refractivity contribution in [2.75, 3.05) is 6.54 Å². The van der Waals surface area contributed by atoms with Crippen LogP contribution in [0.15, 0.2) is 0 Å². The molecule has 4 heteroatoms. The van der Waals surface area contributed by atoms with Crippen LogP contribution in [-0.2, 0) is 0 Å². The average Bonchev–Trinajstić information content (AvgIpc) is 2.37. The van der Waals surface area contributed by atoms with Crippen molar-refractivity contribution in [1.29, 1.82) is 0 Å². The highest BCUT2D eigenvalue weighted by Crippen LogP contribution is 2.35. The molecule has 3 N–H and O–H groups in total. The lowest BCUT2D eigenvalue weighted by Gasteiger charge is -2.38. The molecule has 0 heterocycles. The molecule has 1 fully saturated rings. The lowest BCUT2D eigenvalue weighted by atomic mass is 9.73. The Bertz CT molecular complexity index is 267. The molecule has 1 saturated carbocycles. The average molecular weight is 256 g/mol. The van der Waals surface area contributed by atoms with Crippen LogP contribution in [0.4, 0.5) is 4.79 Å². The second kappa shape index (κ2) is 6.98. The number of nitrogens with one attached hydrogen (secondary N) is 2. The Morgan fingerprint density at radius 3 is 2.61 bits per heavy atom. The molecule has 2 atom stereocenters. The summed E-state index contributed by atoms with van der Waals surface area (Å²) in [4.78, 5) is 11.8. The van der Waals surface area contributed by atoms with Gasteiger partial charge in [0, 0.05) is 18.0 Å². The number of urea groups is 1. The molecular formula is C14H28N2O2. The fourth-order valence-corrected chi connectivity index (χ4v) is 2.60. The highest BCUT2D eigenvalue weighted by Gasteiger charge is 2.35. The number of carbonyl (C=O) groups is 1. The molecule has 0 radical (unpaired) electrons. The monoisotopic (exact) mass is 256 g/mol. The van der Waals surface area contributed by atoms with Gasteiger partial charge >= 0.3 is 6.03 Å². The van der Waals surface area contributed by atoms with Crippen LogP contribution in [-0.4, -0.2) is 29.8 Å². The summed E-state index contributed by atoms with van der Waals surface area (Å²) in [5, 5.41) is 15.9. The smallest absolute Gasteiger partial charge is 0.315 e. The second-order valence-corrected chi connectivity index (χ2v) is 5.76. The van der Waals surface area contributed by atoms with Crippen molar-refractivity contribution >= 4 is 6.03 Å². The minimum absolute atomic E-state index is 0.109. The minimum atomic E-state index is -0.292. The summed E-state index contributed by atoms with van der Waals surface area (Å²) in [6, 6.07) is 0.136. The third kappa shape index (κ3) is 4.16. The number of hydrogen-bond donors (Lipinski definition) is 3. The van der Waals surface area contributed by atoms with E-state index in [1.54, 1.807) is 0 Å². The maximum atomic E-state index is 11.8. The summed E-state index contributed by atoms with van der Waals surface area (Å²) in [7, 11) is 0. The molecule has 0 aliphatic heterocycles. The predicted octanol–water partition coefficient (Wildman–Crippen LogP) is 2.42. The molecule has 2 unspecified atom stereocenters. The maximum absolute atomic E-state index is 11.8. The minimum Gasteiger partial charge on any atom is -0.392 e. The van der Waals surface area contributed by atoms with Gasteiger partial charge in [-0.15, -0.1) is 0 Å². The zero-order chi connectivity index (χ0) is 13.6. The van der Waals surface area contributed by atoms with Gasteiger partial charge in [0.25, 0.3) is 0 Å². The predicted molar refractivity (Wildman–Crippen MR) is 73.5 cm³/mol. The zero-order valence-electron chi connectivity index (χ0n) is 12.0. The van der Waals surface area contributed by atoms with Crippen LogP contribution in [0, 0.1) is 5.41 Å². The van der Waals surface area contributed by atoms with Crippen molar-refractivity contribution in [3.63, 3.8) is 0 Å². The van der Waals surface area contributed by atoms with E-state index >= 15 is 0 Å². The molecule has 2 amide bonds. The van der Waals surface area contributed by atoms with E-state index in [0.717, 1.165) is 38.5 Å². The SMILES string of the molecule is CCC(CC)NC(=O)NCC1(C)CCCCC1O. The van der Waals surface area contributed by atoms with E-state index in [4.69, 9.17) is 0 Å². The van der Waals surface area contributed by atoms with Gasteiger partial charge in [-0.3, -0.25) is 0 Å². The molecule has 4 nitrogen and oxygen atoms in total. The lowest BCUT2D eigenvalue weighted by molar-refractivity contribution is 0.00304. The van der Waals surface area contributed by atoms with Crippen molar-refractivity contribution < 1.29 is 9.90 Å². The van der Waals surface area contributed by atoms with Gasteiger partial charge in [-0.1, -0.05) is 33.6 Å². The summed E-state index contributed by atoms with van der Waals surface area (Å²) >= 11 is 0. The number of carbonyl (C=O) groups excluding carboxylic acids is 1. The van der Waals surface area contributed by atoms with Crippen molar-refractivity contribution in [1.82, 2.24) is 10.6 Å². The molecule has 1 aliphatic rings. The molecule has 1 aliphatic carbocycles. The third-order valence-corrected chi connectivity index (χ3v) is 4.25. The summed E-state index contributed by atoms with van der Waals surface area (Å²) in [5.74, 6) is 0. The van der Waals surface area contributed by atoms with Crippen molar-refractivity contribution in [2.24, 2.45) is 5.41 Å². The van der Waals surface area contributed by atoms with Gasteiger partial charge in [0.05, 0.1) is 6.10 Å². The number of amides is 2. The lowest BCUT2D eigenvalue weighted by Crippen LogP contribution is -2.49. The highest BCUT2D eigenvalue weighted by molar-refractivity contribution is 5.74. The first-order chi connectivity index (χ1) is 8.51. The highest BCUT2D eigenvalue weighted by atomic mass is 16.3. The van der Waals surface area contributed by atoms with Gasteiger partial charge < -0.3 is 15.7 Å². The van der Waals surface area contributed by atoms with Crippen molar-refractivity contribution in [2.45, 2.75) is 71.4 Å². The zero-order valence-corrected chi connectivity index (χ0v) is 12.0. The number of hydrogen-bond acceptors (Lipinski definition) is 2. The van der Waals surface area contributed by atoms with Gasteiger partial charge in [-0.2, -0.15) is 0 Å². The first-order valence-electron chi connectivity index (χ1n) is 7.24. The first-order valence-corrected chi connectivity index (χ1v) is 7.24. The van der Waals surface area contributed by atoms with Crippen LogP contribution < -0.4 is 10.6 Å². The van der Waals surface area contributed by atoms with E-state index in [2.05, 4.69) is 31.4 Å². The van der Waals surface area contributed by atoms with E-state index in [-0.39, 0.29) is 23.6 Å². The summed E-state index contributed by atoms with van der Waals surface area (Å²) in [6.45, 7) is 6.76. The quantitative estimate of drug-likeness (QED) is 0.707. The largest absolute Gasteiger partial charge is 0.392 e. The Kier molecular flexibility index (Phi) is 5.93. The Morgan fingerprint density at radius 2 is 2.06 bits per heavy atom. The van der Waals surface area contributed by atoms with Gasteiger partial charge in [0.2, 0.25) is 0 Å². The Labute approximate surface area is 111 Å². The molecular weight excluding hydrogens is 228 g/mol. The molecule has 1 rings (SSSR count). The van der Waals surface area contributed by atoms with Gasteiger partial charge in [0.15, 0.2) is 0 Å². The van der Waals surface area contributed by atoms with Crippen LogP contribution >= 0.6 is 0 Å². The van der Waals surface area contributed by atoms with E-state index in [9.17, 15) is 9.90 Å². The van der Waals surface area contributed by atoms with Crippen LogP contribution in [0.5, 0.6) is 0 Å². The fraction of sp³-hybridized carbons (Fsp3) is 0.929. The Morgan fingerprint density at radius 1 is 1.39 bits per heavy atom. The fourth-order valence-electron chi connectivity index (χ4n) is 2.60. The molecule has 106 valence electrons. The van der Waals surface area contributed by atoms with Crippen LogP contribution in [0.1, 0.15) is 59.3 Å². The maximum Gasteiger partial charge on any atom is 0.315 e. The molecule has 0 saturated heterocycles. The van der Waals surface area contributed by atoms with E-state index in [0.29, 0.717) is 6.54 Å². The van der Waals surface area contributed by atoms with Crippen molar-refractivity contribution in [3.8, 4) is 0 Å². The van der Waals surface area contributed by atoms with E-state index in [1.165, 1.54) is 0 Å². The van der Waals surface area contributed by atoms with Crippen molar-refractivity contribution in [3.05, 3.63) is 0 Å². The second-order valence-electron chi connectivity index (χ2n) is 5.76. The molecule has 0 aromatic heterocycles. The molecule has 0 aromatic rings. The molecule has 0 spiro atoms. The Hall–Kier alpha value is -0.770. The Balaban J connectivity index is 2.37. The standard InChI is InChI=1S/C14H28N2O2/c1-4-11(5-2)16-13(18)15-10-14(3)9-7-6-8-12(14)17/h11-12,17H,4-10H2,1-3H3,(H2,15,16,18). The molecule has 0 aromatic carbocycles. The number of rotatable bonds is 5. The van der Waals surface area contributed by atoms with E-state index in [1.807, 2.05) is 0 Å². The van der Waals surface area contributed by atoms with Crippen LogP contribution in [0.2, 0.25) is 0 Å². The summed E-state index contributed by atoms with van der Waals surface area (Å²) in [6.07, 6.45) is 5.68. The van der Waals surface area contributed by atoms with Gasteiger partial charge in [-0.25, -0.2) is 4.79 Å². The number of aliphatic hydroxyl groups excluding tert-OH is 1. The third-order valence-electron chi connectivity index (χ3n) is 4.25.